The fourth-order valence-corrected chi connectivity index (χ4v) is 2.70. The first kappa shape index (κ1) is 11.5. The van der Waals surface area contributed by atoms with Gasteiger partial charge >= 0.3 is 0 Å². The van der Waals surface area contributed by atoms with E-state index >= 15 is 0 Å². The molecule has 0 aliphatic carbocycles. The van der Waals surface area contributed by atoms with Gasteiger partial charge in [0, 0.05) is 11.0 Å². The molecule has 0 atom stereocenters. The summed E-state index contributed by atoms with van der Waals surface area (Å²) in [6.07, 6.45) is 1.85. The SMILES string of the molecule is CC1=COc2ccccc2/C1=C1\COCC1(C)C. The van der Waals surface area contributed by atoms with Crippen LogP contribution in [0.1, 0.15) is 26.3 Å². The molecule has 94 valence electrons. The van der Waals surface area contributed by atoms with E-state index in [2.05, 4.69) is 32.9 Å². The molecule has 0 spiro atoms. The fraction of sp³-hybridized carbons (Fsp3) is 0.375. The summed E-state index contributed by atoms with van der Waals surface area (Å²) in [5.74, 6) is 0.938. The zero-order valence-corrected chi connectivity index (χ0v) is 11.1. The van der Waals surface area contributed by atoms with E-state index in [1.165, 1.54) is 22.3 Å². The Kier molecular flexibility index (Phi) is 2.56. The van der Waals surface area contributed by atoms with E-state index in [4.69, 9.17) is 9.47 Å². The van der Waals surface area contributed by atoms with E-state index in [1.54, 1.807) is 0 Å². The summed E-state index contributed by atoms with van der Waals surface area (Å²) in [7, 11) is 0. The van der Waals surface area contributed by atoms with E-state index in [-0.39, 0.29) is 5.41 Å². The zero-order chi connectivity index (χ0) is 12.8. The van der Waals surface area contributed by atoms with Crippen LogP contribution >= 0.6 is 0 Å². The summed E-state index contributed by atoms with van der Waals surface area (Å²) in [6.45, 7) is 8.11. The van der Waals surface area contributed by atoms with Crippen LogP contribution in [0.4, 0.5) is 0 Å². The topological polar surface area (TPSA) is 18.5 Å². The average molecular weight is 242 g/mol. The van der Waals surface area contributed by atoms with E-state index in [0.29, 0.717) is 0 Å². The highest BCUT2D eigenvalue weighted by atomic mass is 16.5. The maximum atomic E-state index is 5.66. The quantitative estimate of drug-likeness (QED) is 0.689. The van der Waals surface area contributed by atoms with Gasteiger partial charge in [-0.3, -0.25) is 0 Å². The van der Waals surface area contributed by atoms with Crippen LogP contribution in [0.3, 0.4) is 0 Å². The first-order chi connectivity index (χ1) is 8.59. The zero-order valence-electron chi connectivity index (χ0n) is 11.1. The molecule has 0 unspecified atom stereocenters. The number of ether oxygens (including phenoxy) is 2. The average Bonchev–Trinajstić information content (AvgIpc) is 2.69. The minimum Gasteiger partial charge on any atom is -0.464 e. The van der Waals surface area contributed by atoms with Crippen LogP contribution in [-0.2, 0) is 4.74 Å². The highest BCUT2D eigenvalue weighted by Crippen LogP contribution is 2.44. The Hall–Kier alpha value is -1.54. The Morgan fingerprint density at radius 1 is 1.17 bits per heavy atom. The molecule has 18 heavy (non-hydrogen) atoms. The molecule has 2 heteroatoms. The Bertz CT molecular complexity index is 550. The van der Waals surface area contributed by atoms with Gasteiger partial charge in [0.15, 0.2) is 0 Å². The Balaban J connectivity index is 2.24. The molecule has 0 amide bonds. The Morgan fingerprint density at radius 2 is 1.94 bits per heavy atom. The number of allylic oxidation sites excluding steroid dienone is 2. The smallest absolute Gasteiger partial charge is 0.134 e. The number of rotatable bonds is 0. The van der Waals surface area contributed by atoms with Gasteiger partial charge in [0.25, 0.3) is 0 Å². The van der Waals surface area contributed by atoms with E-state index in [1.807, 2.05) is 18.4 Å². The Labute approximate surface area is 108 Å². The minimum atomic E-state index is 0.106. The monoisotopic (exact) mass is 242 g/mol. The van der Waals surface area contributed by atoms with Gasteiger partial charge in [-0.1, -0.05) is 32.0 Å². The van der Waals surface area contributed by atoms with Crippen molar-refractivity contribution < 1.29 is 9.47 Å². The van der Waals surface area contributed by atoms with Crippen LogP contribution < -0.4 is 4.74 Å². The Morgan fingerprint density at radius 3 is 2.67 bits per heavy atom. The second kappa shape index (κ2) is 3.99. The highest BCUT2D eigenvalue weighted by molar-refractivity contribution is 5.86. The molecule has 1 aromatic carbocycles. The van der Waals surface area contributed by atoms with E-state index in [0.717, 1.165) is 19.0 Å². The molecule has 1 saturated heterocycles. The van der Waals surface area contributed by atoms with Crippen molar-refractivity contribution >= 4 is 5.57 Å². The standard InChI is InChI=1S/C16H18O2/c1-11-8-18-14-7-5-4-6-12(14)15(11)13-9-17-10-16(13,2)3/h4-8H,9-10H2,1-3H3/b15-13+. The molecule has 0 radical (unpaired) electrons. The van der Waals surface area contributed by atoms with Crippen molar-refractivity contribution in [2.75, 3.05) is 13.2 Å². The summed E-state index contributed by atoms with van der Waals surface area (Å²) in [6, 6.07) is 8.21. The lowest BCUT2D eigenvalue weighted by Crippen LogP contribution is -2.16. The highest BCUT2D eigenvalue weighted by Gasteiger charge is 2.34. The lowest BCUT2D eigenvalue weighted by atomic mass is 9.80. The maximum absolute atomic E-state index is 5.66. The first-order valence-corrected chi connectivity index (χ1v) is 6.34. The lowest BCUT2D eigenvalue weighted by Gasteiger charge is -2.26. The number of benzene rings is 1. The molecule has 0 aromatic heterocycles. The lowest BCUT2D eigenvalue weighted by molar-refractivity contribution is 0.167. The molecule has 0 bridgehead atoms. The third-order valence-electron chi connectivity index (χ3n) is 3.74. The molecule has 2 aliphatic heterocycles. The molecule has 1 aromatic rings. The van der Waals surface area contributed by atoms with Crippen LogP contribution in [0, 0.1) is 5.41 Å². The van der Waals surface area contributed by atoms with Crippen molar-refractivity contribution in [1.29, 1.82) is 0 Å². The number of para-hydroxylation sites is 1. The summed E-state index contributed by atoms with van der Waals surface area (Å²) in [5.41, 5.74) is 5.16. The van der Waals surface area contributed by atoms with Gasteiger partial charge in [-0.05, 0) is 29.7 Å². The second-order valence-electron chi connectivity index (χ2n) is 5.65. The predicted octanol–water partition coefficient (Wildman–Crippen LogP) is 3.79. The van der Waals surface area contributed by atoms with E-state index in [9.17, 15) is 0 Å². The molecular formula is C16H18O2. The van der Waals surface area contributed by atoms with Crippen molar-refractivity contribution in [3.8, 4) is 5.75 Å². The van der Waals surface area contributed by atoms with Crippen molar-refractivity contribution in [2.45, 2.75) is 20.8 Å². The minimum absolute atomic E-state index is 0.106. The van der Waals surface area contributed by atoms with Gasteiger partial charge in [0.1, 0.15) is 5.75 Å². The van der Waals surface area contributed by atoms with E-state index < -0.39 is 0 Å². The number of hydrogen-bond acceptors (Lipinski definition) is 2. The van der Waals surface area contributed by atoms with Crippen molar-refractivity contribution in [2.24, 2.45) is 5.41 Å². The predicted molar refractivity (Wildman–Crippen MR) is 72.3 cm³/mol. The molecule has 0 saturated carbocycles. The third kappa shape index (κ3) is 1.68. The molecule has 2 heterocycles. The molecule has 3 rings (SSSR count). The third-order valence-corrected chi connectivity index (χ3v) is 3.74. The summed E-state index contributed by atoms with van der Waals surface area (Å²) < 4.78 is 11.3. The first-order valence-electron chi connectivity index (χ1n) is 6.34. The second-order valence-corrected chi connectivity index (χ2v) is 5.65. The van der Waals surface area contributed by atoms with Crippen molar-refractivity contribution in [3.05, 3.63) is 47.2 Å². The molecule has 1 fully saturated rings. The van der Waals surface area contributed by atoms with Gasteiger partial charge in [-0.15, -0.1) is 0 Å². The number of hydrogen-bond donors (Lipinski definition) is 0. The van der Waals surface area contributed by atoms with Crippen molar-refractivity contribution in [1.82, 2.24) is 0 Å². The van der Waals surface area contributed by atoms with Crippen molar-refractivity contribution in [3.63, 3.8) is 0 Å². The normalized spacial score (nSPS) is 25.4. The van der Waals surface area contributed by atoms with Crippen LogP contribution in [0.2, 0.25) is 0 Å². The van der Waals surface area contributed by atoms with Crippen LogP contribution in [0.15, 0.2) is 41.7 Å². The fourth-order valence-electron chi connectivity index (χ4n) is 2.70. The van der Waals surface area contributed by atoms with Crippen LogP contribution in [0.25, 0.3) is 5.57 Å². The summed E-state index contributed by atoms with van der Waals surface area (Å²) >= 11 is 0. The summed E-state index contributed by atoms with van der Waals surface area (Å²) in [4.78, 5) is 0. The molecule has 2 aliphatic rings. The summed E-state index contributed by atoms with van der Waals surface area (Å²) in [5, 5.41) is 0. The molecule has 0 N–H and O–H groups in total. The molecule has 2 nitrogen and oxygen atoms in total. The van der Waals surface area contributed by atoms with Gasteiger partial charge in [-0.25, -0.2) is 0 Å². The maximum Gasteiger partial charge on any atom is 0.134 e. The van der Waals surface area contributed by atoms with Gasteiger partial charge in [0.05, 0.1) is 19.5 Å². The van der Waals surface area contributed by atoms with Crippen LogP contribution in [0.5, 0.6) is 5.75 Å². The van der Waals surface area contributed by atoms with Crippen LogP contribution in [-0.4, -0.2) is 13.2 Å². The number of fused-ring (bicyclic) bond motifs is 1. The van der Waals surface area contributed by atoms with Gasteiger partial charge < -0.3 is 9.47 Å². The van der Waals surface area contributed by atoms with Gasteiger partial charge in [0.2, 0.25) is 0 Å². The van der Waals surface area contributed by atoms with Gasteiger partial charge in [-0.2, -0.15) is 0 Å². The largest absolute Gasteiger partial charge is 0.464 e. The molecular weight excluding hydrogens is 224 g/mol.